The third-order valence-corrected chi connectivity index (χ3v) is 2.61. The number of nitrogens with zero attached hydrogens (tertiary/aromatic N) is 4. The van der Waals surface area contributed by atoms with Gasteiger partial charge in [0, 0.05) is 39.3 Å². The molecule has 2 N–H and O–H groups in total. The summed E-state index contributed by atoms with van der Waals surface area (Å²) in [5.74, 6) is 1.81. The molecule has 0 radical (unpaired) electrons. The molecule has 0 unspecified atom stereocenters. The topological polar surface area (TPSA) is 56.3 Å². The Balaban J connectivity index is 2.50. The van der Waals surface area contributed by atoms with E-state index < -0.39 is 0 Å². The maximum absolute atomic E-state index is 4.27. The summed E-state index contributed by atoms with van der Waals surface area (Å²) in [5, 5.41) is 6.42. The van der Waals surface area contributed by atoms with E-state index in [1.807, 2.05) is 20.2 Å². The van der Waals surface area contributed by atoms with Crippen LogP contribution in [0.25, 0.3) is 0 Å². The van der Waals surface area contributed by atoms with Crippen molar-refractivity contribution in [3.63, 3.8) is 0 Å². The second-order valence-electron chi connectivity index (χ2n) is 4.52. The average molecular weight is 252 g/mol. The zero-order valence-corrected chi connectivity index (χ0v) is 11.8. The van der Waals surface area contributed by atoms with Crippen molar-refractivity contribution in [3.05, 3.63) is 12.4 Å². The Morgan fingerprint density at radius 2 is 1.89 bits per heavy atom. The normalized spacial score (nSPS) is 10.7. The number of hydrogen-bond donors (Lipinski definition) is 2. The molecule has 6 heteroatoms. The Labute approximate surface area is 109 Å². The quantitative estimate of drug-likeness (QED) is 0.685. The SMILES string of the molecule is CNCCN(C)c1cc(NCCN(C)C)ncn1. The van der Waals surface area contributed by atoms with Crippen molar-refractivity contribution in [1.29, 1.82) is 0 Å². The summed E-state index contributed by atoms with van der Waals surface area (Å²) in [4.78, 5) is 12.7. The first-order valence-electron chi connectivity index (χ1n) is 6.20. The van der Waals surface area contributed by atoms with Crippen LogP contribution in [0.15, 0.2) is 12.4 Å². The lowest BCUT2D eigenvalue weighted by atomic mass is 10.4. The second-order valence-corrected chi connectivity index (χ2v) is 4.52. The molecule has 0 aromatic carbocycles. The van der Waals surface area contributed by atoms with Crippen molar-refractivity contribution in [2.45, 2.75) is 0 Å². The number of nitrogens with one attached hydrogen (secondary N) is 2. The van der Waals surface area contributed by atoms with Gasteiger partial charge in [-0.15, -0.1) is 0 Å². The number of likely N-dealkylation sites (N-methyl/N-ethyl adjacent to an activating group) is 3. The lowest BCUT2D eigenvalue weighted by molar-refractivity contribution is 0.425. The van der Waals surface area contributed by atoms with Gasteiger partial charge in [-0.25, -0.2) is 9.97 Å². The Morgan fingerprint density at radius 1 is 1.11 bits per heavy atom. The van der Waals surface area contributed by atoms with Gasteiger partial charge in [0.15, 0.2) is 0 Å². The molecule has 0 bridgehead atoms. The van der Waals surface area contributed by atoms with Crippen LogP contribution in [0.3, 0.4) is 0 Å². The van der Waals surface area contributed by atoms with Crippen LogP contribution in [-0.4, -0.2) is 69.2 Å². The molecule has 0 spiro atoms. The molecule has 0 aliphatic rings. The molecule has 102 valence electrons. The molecule has 0 amide bonds. The van der Waals surface area contributed by atoms with Gasteiger partial charge in [0.25, 0.3) is 0 Å². The van der Waals surface area contributed by atoms with Crippen LogP contribution in [0.4, 0.5) is 11.6 Å². The summed E-state index contributed by atoms with van der Waals surface area (Å²) in [6.07, 6.45) is 1.60. The highest BCUT2D eigenvalue weighted by Crippen LogP contribution is 2.11. The number of anilines is 2. The number of hydrogen-bond acceptors (Lipinski definition) is 6. The highest BCUT2D eigenvalue weighted by molar-refractivity contribution is 5.47. The Kier molecular flexibility index (Phi) is 6.38. The van der Waals surface area contributed by atoms with Gasteiger partial charge in [-0.3, -0.25) is 0 Å². The predicted molar refractivity (Wildman–Crippen MR) is 76.3 cm³/mol. The van der Waals surface area contributed by atoms with Crippen molar-refractivity contribution in [2.24, 2.45) is 0 Å². The zero-order valence-electron chi connectivity index (χ0n) is 11.8. The molecule has 0 fully saturated rings. The third kappa shape index (κ3) is 5.29. The van der Waals surface area contributed by atoms with E-state index in [2.05, 4.69) is 44.5 Å². The maximum atomic E-state index is 4.27. The van der Waals surface area contributed by atoms with Gasteiger partial charge in [0.2, 0.25) is 0 Å². The first kappa shape index (κ1) is 14.7. The molecule has 1 aromatic heterocycles. The lowest BCUT2D eigenvalue weighted by Gasteiger charge is -2.18. The Hall–Kier alpha value is -1.40. The van der Waals surface area contributed by atoms with Crippen molar-refractivity contribution in [3.8, 4) is 0 Å². The van der Waals surface area contributed by atoms with Crippen molar-refractivity contribution in [2.75, 3.05) is 64.6 Å². The molecule has 6 nitrogen and oxygen atoms in total. The van der Waals surface area contributed by atoms with E-state index in [1.165, 1.54) is 0 Å². The minimum absolute atomic E-state index is 0.873. The molecule has 0 saturated carbocycles. The van der Waals surface area contributed by atoms with Gasteiger partial charge >= 0.3 is 0 Å². The van der Waals surface area contributed by atoms with E-state index in [1.54, 1.807) is 6.33 Å². The zero-order chi connectivity index (χ0) is 13.4. The summed E-state index contributed by atoms with van der Waals surface area (Å²) in [6, 6.07) is 1.98. The van der Waals surface area contributed by atoms with Crippen molar-refractivity contribution < 1.29 is 0 Å². The minimum atomic E-state index is 0.873. The van der Waals surface area contributed by atoms with Crippen LogP contribution in [0.2, 0.25) is 0 Å². The summed E-state index contributed by atoms with van der Waals surface area (Å²) >= 11 is 0. The van der Waals surface area contributed by atoms with E-state index in [0.717, 1.165) is 37.8 Å². The number of rotatable bonds is 8. The molecular weight excluding hydrogens is 228 g/mol. The molecular formula is C12H24N6. The van der Waals surface area contributed by atoms with Crippen LogP contribution >= 0.6 is 0 Å². The fraction of sp³-hybridized carbons (Fsp3) is 0.667. The van der Waals surface area contributed by atoms with Gasteiger partial charge in [-0.1, -0.05) is 0 Å². The Morgan fingerprint density at radius 3 is 2.56 bits per heavy atom. The minimum Gasteiger partial charge on any atom is -0.369 e. The first-order chi connectivity index (χ1) is 8.63. The van der Waals surface area contributed by atoms with Crippen LogP contribution in [-0.2, 0) is 0 Å². The predicted octanol–water partition coefficient (Wildman–Crippen LogP) is 0.106. The largest absolute Gasteiger partial charge is 0.369 e. The molecule has 18 heavy (non-hydrogen) atoms. The molecule has 0 saturated heterocycles. The third-order valence-electron chi connectivity index (χ3n) is 2.61. The fourth-order valence-corrected chi connectivity index (χ4v) is 1.45. The van der Waals surface area contributed by atoms with Crippen molar-refractivity contribution in [1.82, 2.24) is 20.2 Å². The molecule has 0 aliphatic carbocycles. The lowest BCUT2D eigenvalue weighted by Crippen LogP contribution is -2.28. The number of aromatic nitrogens is 2. The highest BCUT2D eigenvalue weighted by atomic mass is 15.2. The van der Waals surface area contributed by atoms with Gasteiger partial charge in [0.1, 0.15) is 18.0 Å². The van der Waals surface area contributed by atoms with E-state index in [9.17, 15) is 0 Å². The van der Waals surface area contributed by atoms with E-state index in [-0.39, 0.29) is 0 Å². The van der Waals surface area contributed by atoms with Gasteiger partial charge in [0.05, 0.1) is 0 Å². The van der Waals surface area contributed by atoms with Crippen LogP contribution < -0.4 is 15.5 Å². The summed E-state index contributed by atoms with van der Waals surface area (Å²) in [6.45, 7) is 3.72. The monoisotopic (exact) mass is 252 g/mol. The van der Waals surface area contributed by atoms with Gasteiger partial charge in [-0.2, -0.15) is 0 Å². The Bertz CT molecular complexity index is 341. The summed E-state index contributed by atoms with van der Waals surface area (Å²) in [5.41, 5.74) is 0. The maximum Gasteiger partial charge on any atom is 0.133 e. The standard InChI is InChI=1S/C12H24N6/c1-13-5-8-18(4)12-9-11(15-10-16-12)14-6-7-17(2)3/h9-10,13H,5-8H2,1-4H3,(H,14,15,16). The van der Waals surface area contributed by atoms with Gasteiger partial charge < -0.3 is 20.4 Å². The van der Waals surface area contributed by atoms with E-state index >= 15 is 0 Å². The van der Waals surface area contributed by atoms with Crippen LogP contribution in [0, 0.1) is 0 Å². The average Bonchev–Trinajstić information content (AvgIpc) is 2.36. The van der Waals surface area contributed by atoms with Crippen molar-refractivity contribution >= 4 is 11.6 Å². The molecule has 1 heterocycles. The molecule has 1 rings (SSSR count). The molecule has 0 aliphatic heterocycles. The summed E-state index contributed by atoms with van der Waals surface area (Å²) in [7, 11) is 8.09. The van der Waals surface area contributed by atoms with Crippen LogP contribution in [0.1, 0.15) is 0 Å². The van der Waals surface area contributed by atoms with E-state index in [4.69, 9.17) is 0 Å². The molecule has 1 aromatic rings. The molecule has 0 atom stereocenters. The fourth-order valence-electron chi connectivity index (χ4n) is 1.45. The van der Waals surface area contributed by atoms with Crippen LogP contribution in [0.5, 0.6) is 0 Å². The summed E-state index contributed by atoms with van der Waals surface area (Å²) < 4.78 is 0. The van der Waals surface area contributed by atoms with Gasteiger partial charge in [-0.05, 0) is 21.1 Å². The van der Waals surface area contributed by atoms with E-state index in [0.29, 0.717) is 0 Å². The first-order valence-corrected chi connectivity index (χ1v) is 6.20. The smallest absolute Gasteiger partial charge is 0.133 e. The highest BCUT2D eigenvalue weighted by Gasteiger charge is 2.03. The second kappa shape index (κ2) is 7.84.